The highest BCUT2D eigenvalue weighted by Gasteiger charge is 2.09. The van der Waals surface area contributed by atoms with Crippen LogP contribution < -0.4 is 16.5 Å². The first-order valence-corrected chi connectivity index (χ1v) is 6.16. The van der Waals surface area contributed by atoms with Crippen LogP contribution in [0.2, 0.25) is 0 Å². The molecule has 1 aromatic heterocycles. The summed E-state index contributed by atoms with van der Waals surface area (Å²) in [6.07, 6.45) is 2.97. The molecule has 7 heteroatoms. The van der Waals surface area contributed by atoms with E-state index in [2.05, 4.69) is 21.2 Å². The molecule has 1 amide bonds. The summed E-state index contributed by atoms with van der Waals surface area (Å²) in [4.78, 5) is 23.1. The van der Waals surface area contributed by atoms with Crippen molar-refractivity contribution >= 4 is 27.5 Å². The van der Waals surface area contributed by atoms with Crippen molar-refractivity contribution in [2.75, 3.05) is 19.5 Å². The summed E-state index contributed by atoms with van der Waals surface area (Å²) in [6.45, 7) is 2.38. The lowest BCUT2D eigenvalue weighted by Gasteiger charge is -2.14. The zero-order valence-corrected chi connectivity index (χ0v) is 11.9. The van der Waals surface area contributed by atoms with Gasteiger partial charge >= 0.3 is 0 Å². The molecular weight excluding hydrogens is 302 g/mol. The fourth-order valence-electron chi connectivity index (χ4n) is 1.49. The number of carbonyl (C=O) groups excluding carboxylic acids is 1. The summed E-state index contributed by atoms with van der Waals surface area (Å²) < 4.78 is 6.80. The number of aromatic nitrogens is 1. The Hall–Kier alpha value is -1.34. The number of amides is 1. The number of nitrogen functional groups attached to an aromatic ring is 1. The average molecular weight is 318 g/mol. The topological polar surface area (TPSA) is 86.3 Å². The maximum absolute atomic E-state index is 11.7. The molecule has 100 valence electrons. The molecule has 1 unspecified atom stereocenters. The molecule has 0 fully saturated rings. The Bertz CT molecular complexity index is 461. The number of hydrogen-bond donors (Lipinski definition) is 2. The number of nitrogens with two attached hydrogens (primary N) is 1. The van der Waals surface area contributed by atoms with Gasteiger partial charge in [-0.1, -0.05) is 0 Å². The second-order valence-electron chi connectivity index (χ2n) is 3.99. The van der Waals surface area contributed by atoms with Gasteiger partial charge in [-0.05, 0) is 22.9 Å². The van der Waals surface area contributed by atoms with Crippen molar-refractivity contribution in [1.82, 2.24) is 9.88 Å². The monoisotopic (exact) mass is 317 g/mol. The lowest BCUT2D eigenvalue weighted by molar-refractivity contribution is -0.122. The highest BCUT2D eigenvalue weighted by Crippen LogP contribution is 2.06. The molecule has 0 spiro atoms. The number of methoxy groups -OCH3 is 1. The van der Waals surface area contributed by atoms with Gasteiger partial charge in [-0.2, -0.15) is 0 Å². The van der Waals surface area contributed by atoms with Crippen LogP contribution in [0.15, 0.2) is 21.7 Å². The molecule has 0 aromatic carbocycles. The summed E-state index contributed by atoms with van der Waals surface area (Å²) in [6, 6.07) is -0.0670. The molecule has 18 heavy (non-hydrogen) atoms. The minimum atomic E-state index is -0.278. The first-order chi connectivity index (χ1) is 8.43. The highest BCUT2D eigenvalue weighted by atomic mass is 79.9. The smallest absolute Gasteiger partial charge is 0.240 e. The number of pyridine rings is 1. The van der Waals surface area contributed by atoms with E-state index in [1.54, 1.807) is 11.7 Å². The third-order valence-corrected chi connectivity index (χ3v) is 2.78. The molecule has 0 aliphatic carbocycles. The molecule has 0 saturated heterocycles. The van der Waals surface area contributed by atoms with Crippen molar-refractivity contribution in [3.05, 3.63) is 27.1 Å². The van der Waals surface area contributed by atoms with Gasteiger partial charge in [0.25, 0.3) is 0 Å². The van der Waals surface area contributed by atoms with Crippen LogP contribution >= 0.6 is 15.9 Å². The zero-order chi connectivity index (χ0) is 13.7. The predicted molar refractivity (Wildman–Crippen MR) is 72.3 cm³/mol. The quantitative estimate of drug-likeness (QED) is 0.820. The molecular formula is C11H16BrN3O3. The summed E-state index contributed by atoms with van der Waals surface area (Å²) in [5.74, 6) is -0.172. The van der Waals surface area contributed by atoms with E-state index in [9.17, 15) is 9.59 Å². The van der Waals surface area contributed by atoms with E-state index in [1.165, 1.54) is 12.4 Å². The summed E-state index contributed by atoms with van der Waals surface area (Å²) in [7, 11) is 1.57. The predicted octanol–water partition coefficient (Wildman–Crippen LogP) is 0.344. The van der Waals surface area contributed by atoms with Crippen molar-refractivity contribution in [2.45, 2.75) is 19.5 Å². The Morgan fingerprint density at radius 2 is 2.28 bits per heavy atom. The lowest BCUT2D eigenvalue weighted by atomic mass is 10.3. The SMILES string of the molecule is COCC(C)NC(=O)Cn1cc(N)c(=O)c(Br)c1. The summed E-state index contributed by atoms with van der Waals surface area (Å²) >= 11 is 3.10. The van der Waals surface area contributed by atoms with Crippen LogP contribution in [0.3, 0.4) is 0 Å². The van der Waals surface area contributed by atoms with Crippen LogP contribution in [0, 0.1) is 0 Å². The summed E-state index contributed by atoms with van der Waals surface area (Å²) in [5, 5.41) is 2.76. The maximum atomic E-state index is 11.7. The maximum Gasteiger partial charge on any atom is 0.240 e. The molecule has 0 saturated carbocycles. The molecule has 0 aliphatic heterocycles. The van der Waals surface area contributed by atoms with E-state index < -0.39 is 0 Å². The Morgan fingerprint density at radius 3 is 2.83 bits per heavy atom. The summed E-state index contributed by atoms with van der Waals surface area (Å²) in [5.41, 5.74) is 5.35. The normalized spacial score (nSPS) is 12.2. The van der Waals surface area contributed by atoms with Crippen LogP contribution in [0.25, 0.3) is 0 Å². The zero-order valence-electron chi connectivity index (χ0n) is 10.3. The molecule has 1 aromatic rings. The first kappa shape index (κ1) is 14.7. The van der Waals surface area contributed by atoms with Gasteiger partial charge in [0.2, 0.25) is 11.3 Å². The molecule has 0 aliphatic rings. The lowest BCUT2D eigenvalue weighted by Crippen LogP contribution is -2.37. The largest absolute Gasteiger partial charge is 0.394 e. The van der Waals surface area contributed by atoms with Crippen molar-refractivity contribution in [2.24, 2.45) is 0 Å². The van der Waals surface area contributed by atoms with Crippen LogP contribution in [-0.2, 0) is 16.1 Å². The van der Waals surface area contributed by atoms with Gasteiger partial charge in [0.05, 0.1) is 16.8 Å². The van der Waals surface area contributed by atoms with Crippen molar-refractivity contribution in [1.29, 1.82) is 0 Å². The Kier molecular flexibility index (Phi) is 5.36. The third-order valence-electron chi connectivity index (χ3n) is 2.21. The standard InChI is InChI=1S/C11H16BrN3O3/c1-7(6-18-2)14-10(16)5-15-3-8(12)11(17)9(13)4-15/h3-4,7H,5-6,13H2,1-2H3,(H,14,16). The van der Waals surface area contributed by atoms with Gasteiger partial charge in [0.1, 0.15) is 6.54 Å². The van der Waals surface area contributed by atoms with Gasteiger partial charge in [0.15, 0.2) is 0 Å². The molecule has 0 bridgehead atoms. The van der Waals surface area contributed by atoms with E-state index in [0.717, 1.165) is 0 Å². The van der Waals surface area contributed by atoms with Gasteiger partial charge in [-0.3, -0.25) is 9.59 Å². The highest BCUT2D eigenvalue weighted by molar-refractivity contribution is 9.10. The number of carbonyl (C=O) groups is 1. The fraction of sp³-hybridized carbons (Fsp3) is 0.455. The molecule has 1 atom stereocenters. The van der Waals surface area contributed by atoms with Crippen LogP contribution in [0.4, 0.5) is 5.69 Å². The van der Waals surface area contributed by atoms with E-state index in [-0.39, 0.29) is 29.6 Å². The first-order valence-electron chi connectivity index (χ1n) is 5.37. The van der Waals surface area contributed by atoms with Crippen molar-refractivity contribution < 1.29 is 9.53 Å². The van der Waals surface area contributed by atoms with E-state index >= 15 is 0 Å². The second kappa shape index (κ2) is 6.55. The van der Waals surface area contributed by atoms with Gasteiger partial charge in [-0.15, -0.1) is 0 Å². The minimum absolute atomic E-state index is 0.0670. The van der Waals surface area contributed by atoms with Crippen LogP contribution in [0.1, 0.15) is 6.92 Å². The molecule has 1 heterocycles. The van der Waals surface area contributed by atoms with Gasteiger partial charge in [0, 0.05) is 25.5 Å². The number of ether oxygens (including phenoxy) is 1. The van der Waals surface area contributed by atoms with Crippen LogP contribution in [-0.4, -0.2) is 30.2 Å². The average Bonchev–Trinajstić information content (AvgIpc) is 2.25. The van der Waals surface area contributed by atoms with Gasteiger partial charge < -0.3 is 20.4 Å². The minimum Gasteiger partial charge on any atom is -0.394 e. The number of halogens is 1. The fourth-order valence-corrected chi connectivity index (χ4v) is 1.98. The van der Waals surface area contributed by atoms with Crippen molar-refractivity contribution in [3.63, 3.8) is 0 Å². The Balaban J connectivity index is 2.68. The van der Waals surface area contributed by atoms with Crippen molar-refractivity contribution in [3.8, 4) is 0 Å². The number of anilines is 1. The van der Waals surface area contributed by atoms with E-state index in [1.807, 2.05) is 6.92 Å². The molecule has 6 nitrogen and oxygen atoms in total. The number of hydrogen-bond acceptors (Lipinski definition) is 4. The Morgan fingerprint density at radius 1 is 1.61 bits per heavy atom. The molecule has 1 rings (SSSR count). The van der Waals surface area contributed by atoms with Gasteiger partial charge in [-0.25, -0.2) is 0 Å². The molecule has 3 N–H and O–H groups in total. The number of nitrogens with zero attached hydrogens (tertiary/aromatic N) is 1. The Labute approximate surface area is 113 Å². The van der Waals surface area contributed by atoms with Crippen LogP contribution in [0.5, 0.6) is 0 Å². The molecule has 0 radical (unpaired) electrons. The van der Waals surface area contributed by atoms with E-state index in [0.29, 0.717) is 11.1 Å². The van der Waals surface area contributed by atoms with E-state index in [4.69, 9.17) is 10.5 Å². The second-order valence-corrected chi connectivity index (χ2v) is 4.84. The third kappa shape index (κ3) is 4.15. The number of rotatable bonds is 5. The number of nitrogens with one attached hydrogen (secondary N) is 1.